The van der Waals surface area contributed by atoms with Crippen molar-refractivity contribution in [3.63, 3.8) is 0 Å². The van der Waals surface area contributed by atoms with Crippen molar-refractivity contribution in [1.29, 1.82) is 0 Å². The van der Waals surface area contributed by atoms with Gasteiger partial charge >= 0.3 is 0 Å². The number of fused-ring (bicyclic) bond motifs is 2. The monoisotopic (exact) mass is 225 g/mol. The van der Waals surface area contributed by atoms with E-state index < -0.39 is 0 Å². The first-order chi connectivity index (χ1) is 7.79. The van der Waals surface area contributed by atoms with E-state index in [1.165, 1.54) is 11.0 Å². The molecule has 1 aromatic heterocycles. The molecule has 3 rings (SSSR count). The van der Waals surface area contributed by atoms with E-state index in [1.54, 1.807) is 0 Å². The zero-order valence-corrected chi connectivity index (χ0v) is 9.79. The molecule has 3 aromatic rings. The van der Waals surface area contributed by atoms with Crippen LogP contribution in [-0.2, 0) is 7.05 Å². The number of hydrogen-bond acceptors (Lipinski definition) is 1. The standard InChI is InChI=1S/C14H11NS/c1-15-12-8-4-2-6-10(12)14(16)11-7-3-5-9-13(11)15/h2-9H,1H3. The molecule has 78 valence electrons. The van der Waals surface area contributed by atoms with Crippen molar-refractivity contribution in [3.8, 4) is 0 Å². The van der Waals surface area contributed by atoms with Gasteiger partial charge in [-0.25, -0.2) is 0 Å². The average molecular weight is 225 g/mol. The summed E-state index contributed by atoms with van der Waals surface area (Å²) in [5.41, 5.74) is 2.37. The molecule has 0 radical (unpaired) electrons. The molecular formula is C14H11NS. The third-order valence-electron chi connectivity index (χ3n) is 3.02. The quantitative estimate of drug-likeness (QED) is 0.412. The predicted molar refractivity (Wildman–Crippen MR) is 71.3 cm³/mol. The Morgan fingerprint density at radius 3 is 1.75 bits per heavy atom. The van der Waals surface area contributed by atoms with Gasteiger partial charge in [0, 0.05) is 28.9 Å². The van der Waals surface area contributed by atoms with Gasteiger partial charge < -0.3 is 4.57 Å². The molecule has 0 N–H and O–H groups in total. The summed E-state index contributed by atoms with van der Waals surface area (Å²) in [7, 11) is 2.08. The highest BCUT2D eigenvalue weighted by molar-refractivity contribution is 7.72. The van der Waals surface area contributed by atoms with Crippen LogP contribution >= 0.6 is 12.2 Å². The molecule has 0 atom stereocenters. The largest absolute Gasteiger partial charge is 0.344 e. The number of pyridine rings is 1. The van der Waals surface area contributed by atoms with Gasteiger partial charge in [0.05, 0.1) is 4.51 Å². The second-order valence-corrected chi connectivity index (χ2v) is 4.33. The van der Waals surface area contributed by atoms with Gasteiger partial charge in [-0.3, -0.25) is 0 Å². The summed E-state index contributed by atoms with van der Waals surface area (Å²) >= 11 is 5.54. The van der Waals surface area contributed by atoms with E-state index in [2.05, 4.69) is 35.9 Å². The van der Waals surface area contributed by atoms with E-state index in [0.29, 0.717) is 0 Å². The highest BCUT2D eigenvalue weighted by Gasteiger charge is 2.03. The highest BCUT2D eigenvalue weighted by Crippen LogP contribution is 2.24. The third kappa shape index (κ3) is 1.20. The minimum atomic E-state index is 0.948. The van der Waals surface area contributed by atoms with E-state index in [0.717, 1.165) is 15.3 Å². The number of aromatic nitrogens is 1. The molecule has 1 heterocycles. The zero-order valence-electron chi connectivity index (χ0n) is 8.97. The Hall–Kier alpha value is -1.67. The first-order valence-electron chi connectivity index (χ1n) is 5.25. The fourth-order valence-electron chi connectivity index (χ4n) is 2.19. The topological polar surface area (TPSA) is 4.93 Å². The summed E-state index contributed by atoms with van der Waals surface area (Å²) in [6.07, 6.45) is 0. The Kier molecular flexibility index (Phi) is 2.04. The number of hydrogen-bond donors (Lipinski definition) is 0. The van der Waals surface area contributed by atoms with E-state index in [9.17, 15) is 0 Å². The van der Waals surface area contributed by atoms with Crippen molar-refractivity contribution < 1.29 is 0 Å². The van der Waals surface area contributed by atoms with Gasteiger partial charge in [0.25, 0.3) is 0 Å². The highest BCUT2D eigenvalue weighted by atomic mass is 32.1. The minimum absolute atomic E-state index is 0.948. The van der Waals surface area contributed by atoms with Gasteiger partial charge in [-0.05, 0) is 12.1 Å². The normalized spacial score (nSPS) is 11.1. The lowest BCUT2D eigenvalue weighted by Crippen LogP contribution is -1.95. The molecule has 0 saturated carbocycles. The molecule has 0 saturated heterocycles. The maximum absolute atomic E-state index is 5.54. The lowest BCUT2D eigenvalue weighted by molar-refractivity contribution is 1.00. The van der Waals surface area contributed by atoms with Crippen LogP contribution in [0.5, 0.6) is 0 Å². The molecule has 0 amide bonds. The fourth-order valence-corrected chi connectivity index (χ4v) is 2.54. The molecule has 0 aliphatic rings. The number of benzene rings is 2. The Balaban J connectivity index is 2.73. The average Bonchev–Trinajstić information content (AvgIpc) is 2.36. The number of para-hydroxylation sites is 2. The van der Waals surface area contributed by atoms with Crippen molar-refractivity contribution in [2.45, 2.75) is 0 Å². The molecule has 16 heavy (non-hydrogen) atoms. The van der Waals surface area contributed by atoms with Gasteiger partial charge in [-0.2, -0.15) is 0 Å². The summed E-state index contributed by atoms with van der Waals surface area (Å²) in [4.78, 5) is 0. The van der Waals surface area contributed by atoms with Crippen molar-refractivity contribution in [3.05, 3.63) is 53.0 Å². The Morgan fingerprint density at radius 2 is 1.25 bits per heavy atom. The van der Waals surface area contributed by atoms with Gasteiger partial charge in [0.2, 0.25) is 0 Å². The first-order valence-corrected chi connectivity index (χ1v) is 5.66. The molecule has 0 fully saturated rings. The van der Waals surface area contributed by atoms with Crippen LogP contribution in [-0.4, -0.2) is 4.57 Å². The van der Waals surface area contributed by atoms with Crippen LogP contribution in [0.1, 0.15) is 0 Å². The molecular weight excluding hydrogens is 214 g/mol. The summed E-state index contributed by atoms with van der Waals surface area (Å²) in [6.45, 7) is 0. The molecule has 0 aliphatic carbocycles. The second-order valence-electron chi connectivity index (χ2n) is 3.92. The summed E-state index contributed by atoms with van der Waals surface area (Å²) in [6, 6.07) is 16.6. The Morgan fingerprint density at radius 1 is 0.812 bits per heavy atom. The van der Waals surface area contributed by atoms with Crippen molar-refractivity contribution in [2.24, 2.45) is 7.05 Å². The molecule has 0 unspecified atom stereocenters. The van der Waals surface area contributed by atoms with Crippen LogP contribution in [0.2, 0.25) is 0 Å². The Labute approximate surface area is 98.9 Å². The van der Waals surface area contributed by atoms with Crippen LogP contribution in [0, 0.1) is 4.51 Å². The van der Waals surface area contributed by atoms with E-state index in [4.69, 9.17) is 12.2 Å². The molecule has 2 aromatic carbocycles. The maximum atomic E-state index is 5.54. The molecule has 0 aliphatic heterocycles. The van der Waals surface area contributed by atoms with Crippen molar-refractivity contribution >= 4 is 34.0 Å². The molecule has 0 spiro atoms. The van der Waals surface area contributed by atoms with Crippen molar-refractivity contribution in [1.82, 2.24) is 4.57 Å². The SMILES string of the molecule is Cn1c2ccccc2c(=S)c2ccccc21. The predicted octanol–water partition coefficient (Wildman–Crippen LogP) is 4.06. The second kappa shape index (κ2) is 3.42. The van der Waals surface area contributed by atoms with Gasteiger partial charge in [0.1, 0.15) is 0 Å². The summed E-state index contributed by atoms with van der Waals surface area (Å²) in [5.74, 6) is 0. The number of aryl methyl sites for hydroxylation is 1. The lowest BCUT2D eigenvalue weighted by Gasteiger charge is -2.10. The van der Waals surface area contributed by atoms with Crippen molar-refractivity contribution in [2.75, 3.05) is 0 Å². The lowest BCUT2D eigenvalue weighted by atomic mass is 10.1. The Bertz CT molecular complexity index is 680. The molecule has 1 nitrogen and oxygen atoms in total. The van der Waals surface area contributed by atoms with Crippen LogP contribution in [0.4, 0.5) is 0 Å². The first kappa shape index (κ1) is 9.55. The smallest absolute Gasteiger partial charge is 0.0563 e. The summed E-state index contributed by atoms with van der Waals surface area (Å²) < 4.78 is 3.14. The third-order valence-corrected chi connectivity index (χ3v) is 3.46. The van der Waals surface area contributed by atoms with E-state index in [-0.39, 0.29) is 0 Å². The maximum Gasteiger partial charge on any atom is 0.0563 e. The van der Waals surface area contributed by atoms with E-state index in [1.807, 2.05) is 24.3 Å². The van der Waals surface area contributed by atoms with Gasteiger partial charge in [-0.15, -0.1) is 0 Å². The molecule has 2 heteroatoms. The van der Waals surface area contributed by atoms with Crippen LogP contribution in [0.15, 0.2) is 48.5 Å². The minimum Gasteiger partial charge on any atom is -0.344 e. The van der Waals surface area contributed by atoms with Gasteiger partial charge in [0.15, 0.2) is 0 Å². The molecule has 0 bridgehead atoms. The fraction of sp³-hybridized carbons (Fsp3) is 0.0714. The van der Waals surface area contributed by atoms with Crippen LogP contribution in [0.3, 0.4) is 0 Å². The summed E-state index contributed by atoms with van der Waals surface area (Å²) in [5, 5.41) is 2.30. The van der Waals surface area contributed by atoms with Crippen LogP contribution < -0.4 is 0 Å². The van der Waals surface area contributed by atoms with Crippen LogP contribution in [0.25, 0.3) is 21.8 Å². The number of rotatable bonds is 0. The van der Waals surface area contributed by atoms with Gasteiger partial charge in [-0.1, -0.05) is 48.6 Å². The van der Waals surface area contributed by atoms with E-state index >= 15 is 0 Å². The zero-order chi connectivity index (χ0) is 11.1. The number of nitrogens with zero attached hydrogens (tertiary/aromatic N) is 1.